The Morgan fingerprint density at radius 1 is 1.03 bits per heavy atom. The summed E-state index contributed by atoms with van der Waals surface area (Å²) in [6, 6.07) is 23.3. The molecule has 5 heteroatoms. The molecule has 0 N–H and O–H groups in total. The molecule has 3 aromatic rings. The number of pyridine rings is 1. The van der Waals surface area contributed by atoms with Crippen LogP contribution in [0.15, 0.2) is 79.1 Å². The number of nitrogens with zero attached hydrogens (tertiary/aromatic N) is 3. The number of methoxy groups -OCH3 is 1. The Hall–Kier alpha value is -3.18. The summed E-state index contributed by atoms with van der Waals surface area (Å²) in [4.78, 5) is 21.9. The number of amides is 1. The highest BCUT2D eigenvalue weighted by Gasteiger charge is 2.45. The van der Waals surface area contributed by atoms with Crippen LogP contribution in [0.1, 0.15) is 33.8 Å². The van der Waals surface area contributed by atoms with Crippen LogP contribution in [0.3, 0.4) is 0 Å². The molecule has 32 heavy (non-hydrogen) atoms. The number of benzene rings is 2. The second-order valence-corrected chi connectivity index (χ2v) is 8.81. The molecular weight excluding hydrogens is 398 g/mol. The molecule has 2 aliphatic heterocycles. The van der Waals surface area contributed by atoms with Crippen LogP contribution in [-0.4, -0.2) is 53.5 Å². The van der Waals surface area contributed by atoms with Crippen molar-refractivity contribution in [3.63, 3.8) is 0 Å². The van der Waals surface area contributed by atoms with Crippen LogP contribution < -0.4 is 4.74 Å². The van der Waals surface area contributed by atoms with Gasteiger partial charge in [0.1, 0.15) is 5.75 Å². The molecule has 164 valence electrons. The van der Waals surface area contributed by atoms with Gasteiger partial charge in [-0.25, -0.2) is 0 Å². The van der Waals surface area contributed by atoms with Crippen molar-refractivity contribution >= 4 is 5.91 Å². The molecule has 2 aliphatic rings. The zero-order chi connectivity index (χ0) is 21.9. The molecule has 5 rings (SSSR count). The Kier molecular flexibility index (Phi) is 5.91. The SMILES string of the molecule is COc1ccc([C@H]2CN(Cc3ccccc3)[C@@H]3CCN(C(=O)c4cccnc4)C[C@H]23)cc1. The predicted octanol–water partition coefficient (Wildman–Crippen LogP) is 4.22. The Balaban J connectivity index is 1.40. The topological polar surface area (TPSA) is 45.7 Å². The van der Waals surface area contributed by atoms with Gasteiger partial charge in [0, 0.05) is 56.5 Å². The molecule has 5 nitrogen and oxygen atoms in total. The van der Waals surface area contributed by atoms with Gasteiger partial charge in [0.15, 0.2) is 0 Å². The lowest BCUT2D eigenvalue weighted by atomic mass is 9.81. The maximum absolute atomic E-state index is 13.1. The zero-order valence-corrected chi connectivity index (χ0v) is 18.4. The van der Waals surface area contributed by atoms with Gasteiger partial charge in [-0.3, -0.25) is 14.7 Å². The third-order valence-electron chi connectivity index (χ3n) is 7.01. The third kappa shape index (κ3) is 4.13. The molecule has 1 amide bonds. The first-order valence-corrected chi connectivity index (χ1v) is 11.3. The molecule has 0 spiro atoms. The highest BCUT2D eigenvalue weighted by molar-refractivity contribution is 5.94. The molecule has 0 saturated carbocycles. The number of carbonyl (C=O) groups excluding carboxylic acids is 1. The van der Waals surface area contributed by atoms with Gasteiger partial charge >= 0.3 is 0 Å². The van der Waals surface area contributed by atoms with Crippen molar-refractivity contribution in [2.24, 2.45) is 5.92 Å². The van der Waals surface area contributed by atoms with Crippen LogP contribution >= 0.6 is 0 Å². The van der Waals surface area contributed by atoms with E-state index in [1.807, 2.05) is 29.2 Å². The maximum atomic E-state index is 13.1. The molecular formula is C27H29N3O2. The Bertz CT molecular complexity index is 1040. The molecule has 1 aromatic heterocycles. The second-order valence-electron chi connectivity index (χ2n) is 8.81. The molecule has 2 aromatic carbocycles. The fourth-order valence-corrected chi connectivity index (χ4v) is 5.40. The van der Waals surface area contributed by atoms with E-state index in [1.165, 1.54) is 11.1 Å². The molecule has 2 fully saturated rings. The van der Waals surface area contributed by atoms with E-state index in [1.54, 1.807) is 19.5 Å². The van der Waals surface area contributed by atoms with Crippen LogP contribution in [-0.2, 0) is 6.54 Å². The van der Waals surface area contributed by atoms with Gasteiger partial charge < -0.3 is 9.64 Å². The summed E-state index contributed by atoms with van der Waals surface area (Å²) in [5.41, 5.74) is 3.34. The van der Waals surface area contributed by atoms with E-state index in [0.29, 0.717) is 23.4 Å². The number of hydrogen-bond donors (Lipinski definition) is 0. The van der Waals surface area contributed by atoms with Crippen molar-refractivity contribution in [2.45, 2.75) is 24.9 Å². The minimum absolute atomic E-state index is 0.0894. The van der Waals surface area contributed by atoms with E-state index in [2.05, 4.69) is 52.3 Å². The summed E-state index contributed by atoms with van der Waals surface area (Å²) in [7, 11) is 1.70. The fourth-order valence-electron chi connectivity index (χ4n) is 5.40. The van der Waals surface area contributed by atoms with Gasteiger partial charge in [0.25, 0.3) is 5.91 Å². The van der Waals surface area contributed by atoms with Crippen molar-refractivity contribution in [3.8, 4) is 5.75 Å². The monoisotopic (exact) mass is 427 g/mol. The van der Waals surface area contributed by atoms with Crippen molar-refractivity contribution in [2.75, 3.05) is 26.7 Å². The predicted molar refractivity (Wildman–Crippen MR) is 125 cm³/mol. The average molecular weight is 428 g/mol. The maximum Gasteiger partial charge on any atom is 0.255 e. The summed E-state index contributed by atoms with van der Waals surface area (Å²) in [5, 5.41) is 0. The highest BCUT2D eigenvalue weighted by atomic mass is 16.5. The molecule has 2 saturated heterocycles. The molecule has 3 atom stereocenters. The highest BCUT2D eigenvalue weighted by Crippen LogP contribution is 2.42. The summed E-state index contributed by atoms with van der Waals surface area (Å²) in [6.07, 6.45) is 4.38. The van der Waals surface area contributed by atoms with Gasteiger partial charge in [-0.05, 0) is 41.8 Å². The van der Waals surface area contributed by atoms with Crippen LogP contribution in [0, 0.1) is 5.92 Å². The third-order valence-corrected chi connectivity index (χ3v) is 7.01. The smallest absolute Gasteiger partial charge is 0.255 e. The van der Waals surface area contributed by atoms with Crippen LogP contribution in [0.4, 0.5) is 0 Å². The van der Waals surface area contributed by atoms with E-state index in [4.69, 9.17) is 4.74 Å². The lowest BCUT2D eigenvalue weighted by Crippen LogP contribution is -2.48. The van der Waals surface area contributed by atoms with E-state index >= 15 is 0 Å². The fraction of sp³-hybridized carbons (Fsp3) is 0.333. The zero-order valence-electron chi connectivity index (χ0n) is 18.4. The van der Waals surface area contributed by atoms with Crippen LogP contribution in [0.25, 0.3) is 0 Å². The van der Waals surface area contributed by atoms with E-state index in [9.17, 15) is 4.79 Å². The average Bonchev–Trinajstić information content (AvgIpc) is 3.22. The molecule has 0 bridgehead atoms. The van der Waals surface area contributed by atoms with Gasteiger partial charge in [0.05, 0.1) is 12.7 Å². The molecule has 0 radical (unpaired) electrons. The van der Waals surface area contributed by atoms with E-state index < -0.39 is 0 Å². The molecule has 0 unspecified atom stereocenters. The first-order valence-electron chi connectivity index (χ1n) is 11.3. The minimum Gasteiger partial charge on any atom is -0.497 e. The van der Waals surface area contributed by atoms with Gasteiger partial charge in [0.2, 0.25) is 0 Å². The second kappa shape index (κ2) is 9.13. The first kappa shape index (κ1) is 20.7. The Labute approximate surface area is 189 Å². The number of likely N-dealkylation sites (tertiary alicyclic amines) is 2. The van der Waals surface area contributed by atoms with Crippen molar-refractivity contribution in [1.29, 1.82) is 0 Å². The van der Waals surface area contributed by atoms with Crippen molar-refractivity contribution in [1.82, 2.24) is 14.8 Å². The number of aromatic nitrogens is 1. The van der Waals surface area contributed by atoms with Gasteiger partial charge in [-0.1, -0.05) is 42.5 Å². The quantitative estimate of drug-likeness (QED) is 0.612. The van der Waals surface area contributed by atoms with Gasteiger partial charge in [-0.2, -0.15) is 0 Å². The number of piperidine rings is 1. The van der Waals surface area contributed by atoms with Gasteiger partial charge in [-0.15, -0.1) is 0 Å². The number of rotatable bonds is 5. The first-order chi connectivity index (χ1) is 15.7. The summed E-state index contributed by atoms with van der Waals surface area (Å²) < 4.78 is 5.37. The number of carbonyl (C=O) groups is 1. The lowest BCUT2D eigenvalue weighted by Gasteiger charge is -2.39. The lowest BCUT2D eigenvalue weighted by molar-refractivity contribution is 0.0583. The molecule has 0 aliphatic carbocycles. The summed E-state index contributed by atoms with van der Waals surface area (Å²) in [5.74, 6) is 1.76. The largest absolute Gasteiger partial charge is 0.497 e. The van der Waals surface area contributed by atoms with Crippen LogP contribution in [0.5, 0.6) is 5.75 Å². The minimum atomic E-state index is 0.0894. The van der Waals surface area contributed by atoms with E-state index in [-0.39, 0.29) is 5.91 Å². The van der Waals surface area contributed by atoms with Crippen LogP contribution in [0.2, 0.25) is 0 Å². The van der Waals surface area contributed by atoms with E-state index in [0.717, 1.165) is 38.3 Å². The standard InChI is InChI=1S/C27H29N3O2/c1-32-23-11-9-21(10-12-23)24-18-30(17-20-6-3-2-4-7-20)26-13-15-29(19-25(24)26)27(31)22-8-5-14-28-16-22/h2-12,14,16,24-26H,13,15,17-19H2,1H3/t24-,25-,26-/m1/s1. The number of fused-ring (bicyclic) bond motifs is 1. The normalized spacial score (nSPS) is 23.0. The van der Waals surface area contributed by atoms with Crippen molar-refractivity contribution in [3.05, 3.63) is 95.8 Å². The summed E-state index contributed by atoms with van der Waals surface area (Å²) in [6.45, 7) is 3.52. The summed E-state index contributed by atoms with van der Waals surface area (Å²) >= 11 is 0. The number of hydrogen-bond acceptors (Lipinski definition) is 4. The number of ether oxygens (including phenoxy) is 1. The Morgan fingerprint density at radius 3 is 2.56 bits per heavy atom. The molecule has 3 heterocycles. The Morgan fingerprint density at radius 2 is 1.84 bits per heavy atom. The van der Waals surface area contributed by atoms with Crippen molar-refractivity contribution < 1.29 is 9.53 Å².